The minimum Gasteiger partial charge on any atom is -0.397 e. The Balaban J connectivity index is 2.82. The summed E-state index contributed by atoms with van der Waals surface area (Å²) in [7, 11) is 1.79. The van der Waals surface area contributed by atoms with Crippen molar-refractivity contribution in [2.45, 2.75) is 13.0 Å². The van der Waals surface area contributed by atoms with E-state index in [0.29, 0.717) is 11.3 Å². The van der Waals surface area contributed by atoms with Gasteiger partial charge >= 0.3 is 0 Å². The number of thioether (sulfide) groups is 1. The van der Waals surface area contributed by atoms with Crippen molar-refractivity contribution < 1.29 is 4.79 Å². The molecule has 1 amide bonds. The van der Waals surface area contributed by atoms with Gasteiger partial charge in [-0.15, -0.1) is 0 Å². The van der Waals surface area contributed by atoms with Gasteiger partial charge in [0, 0.05) is 25.0 Å². The molecule has 16 heavy (non-hydrogen) atoms. The molecule has 0 aliphatic rings. The van der Waals surface area contributed by atoms with Crippen molar-refractivity contribution in [2.24, 2.45) is 0 Å². The fourth-order valence-corrected chi connectivity index (χ4v) is 2.05. The molecule has 0 aliphatic heterocycles. The molecule has 0 fully saturated rings. The Morgan fingerprint density at radius 3 is 2.94 bits per heavy atom. The Labute approximate surface area is 100 Å². The lowest BCUT2D eigenvalue weighted by molar-refractivity contribution is 0.0758. The lowest BCUT2D eigenvalue weighted by Crippen LogP contribution is -2.36. The van der Waals surface area contributed by atoms with E-state index < -0.39 is 0 Å². The number of carbonyl (C=O) groups is 1. The number of rotatable bonds is 4. The van der Waals surface area contributed by atoms with E-state index in [4.69, 9.17) is 5.73 Å². The van der Waals surface area contributed by atoms with Gasteiger partial charge in [-0.05, 0) is 19.2 Å². The van der Waals surface area contributed by atoms with E-state index in [1.54, 1.807) is 36.0 Å². The van der Waals surface area contributed by atoms with E-state index in [1.165, 1.54) is 6.20 Å². The Morgan fingerprint density at radius 2 is 2.38 bits per heavy atom. The van der Waals surface area contributed by atoms with Crippen molar-refractivity contribution in [2.75, 3.05) is 24.8 Å². The van der Waals surface area contributed by atoms with Crippen LogP contribution in [0.2, 0.25) is 0 Å². The highest BCUT2D eigenvalue weighted by molar-refractivity contribution is 7.98. The van der Waals surface area contributed by atoms with Gasteiger partial charge in [0.15, 0.2) is 0 Å². The molecule has 5 heteroatoms. The Kier molecular flexibility index (Phi) is 4.61. The second kappa shape index (κ2) is 5.75. The van der Waals surface area contributed by atoms with Crippen molar-refractivity contribution in [3.05, 3.63) is 24.0 Å². The van der Waals surface area contributed by atoms with Gasteiger partial charge in [0.1, 0.15) is 0 Å². The molecule has 1 rings (SSSR count). The van der Waals surface area contributed by atoms with Crippen molar-refractivity contribution in [1.29, 1.82) is 0 Å². The van der Waals surface area contributed by atoms with E-state index in [0.717, 1.165) is 5.75 Å². The van der Waals surface area contributed by atoms with Crippen LogP contribution in [-0.4, -0.2) is 40.9 Å². The smallest absolute Gasteiger partial charge is 0.256 e. The van der Waals surface area contributed by atoms with Crippen molar-refractivity contribution >= 4 is 23.4 Å². The Bertz CT molecular complexity index is 370. The van der Waals surface area contributed by atoms with Crippen LogP contribution in [0.15, 0.2) is 18.5 Å². The van der Waals surface area contributed by atoms with Crippen LogP contribution < -0.4 is 5.73 Å². The van der Waals surface area contributed by atoms with Crippen LogP contribution in [0.3, 0.4) is 0 Å². The van der Waals surface area contributed by atoms with E-state index in [1.807, 2.05) is 13.2 Å². The van der Waals surface area contributed by atoms with Gasteiger partial charge < -0.3 is 10.6 Å². The van der Waals surface area contributed by atoms with E-state index >= 15 is 0 Å². The molecular weight excluding hydrogens is 222 g/mol. The van der Waals surface area contributed by atoms with Gasteiger partial charge in [0.2, 0.25) is 0 Å². The van der Waals surface area contributed by atoms with E-state index in [-0.39, 0.29) is 11.9 Å². The lowest BCUT2D eigenvalue weighted by atomic mass is 10.2. The summed E-state index contributed by atoms with van der Waals surface area (Å²) in [4.78, 5) is 17.7. The number of hydrogen-bond donors (Lipinski definition) is 1. The SMILES string of the molecule is CSCC(C)N(C)C(=O)c1ccncc1N. The molecule has 1 aromatic heterocycles. The normalized spacial score (nSPS) is 12.2. The second-order valence-electron chi connectivity index (χ2n) is 3.68. The molecule has 1 atom stereocenters. The quantitative estimate of drug-likeness (QED) is 0.864. The molecule has 88 valence electrons. The number of nitrogens with zero attached hydrogens (tertiary/aromatic N) is 2. The van der Waals surface area contributed by atoms with Crippen molar-refractivity contribution in [1.82, 2.24) is 9.88 Å². The molecule has 0 bridgehead atoms. The second-order valence-corrected chi connectivity index (χ2v) is 4.59. The summed E-state index contributed by atoms with van der Waals surface area (Å²) in [6.07, 6.45) is 5.10. The standard InChI is InChI=1S/C11H17N3OS/c1-8(7-16-3)14(2)11(15)9-4-5-13-6-10(9)12/h4-6,8H,7,12H2,1-3H3. The number of nitrogen functional groups attached to an aromatic ring is 1. The summed E-state index contributed by atoms with van der Waals surface area (Å²) < 4.78 is 0. The number of pyridine rings is 1. The Morgan fingerprint density at radius 1 is 1.69 bits per heavy atom. The summed E-state index contributed by atoms with van der Waals surface area (Å²) in [5.74, 6) is 0.856. The third kappa shape index (κ3) is 2.88. The third-order valence-corrected chi connectivity index (χ3v) is 3.29. The molecular formula is C11H17N3OS. The number of nitrogens with two attached hydrogens (primary N) is 1. The summed E-state index contributed by atoms with van der Waals surface area (Å²) in [6, 6.07) is 1.84. The molecule has 2 N–H and O–H groups in total. The number of anilines is 1. The first-order chi connectivity index (χ1) is 7.57. The number of carbonyl (C=O) groups excluding carboxylic acids is 1. The molecule has 0 spiro atoms. The van der Waals surface area contributed by atoms with Crippen LogP contribution in [0.25, 0.3) is 0 Å². The fraction of sp³-hybridized carbons (Fsp3) is 0.455. The summed E-state index contributed by atoms with van der Waals surface area (Å²) in [5.41, 5.74) is 6.66. The van der Waals surface area contributed by atoms with Gasteiger partial charge in [-0.25, -0.2) is 0 Å². The summed E-state index contributed by atoms with van der Waals surface area (Å²) in [5, 5.41) is 0. The average Bonchev–Trinajstić information content (AvgIpc) is 2.28. The molecule has 0 saturated heterocycles. The fourth-order valence-electron chi connectivity index (χ4n) is 1.34. The zero-order valence-corrected chi connectivity index (χ0v) is 10.6. The maximum Gasteiger partial charge on any atom is 0.256 e. The Hall–Kier alpha value is -1.23. The molecule has 0 radical (unpaired) electrons. The van der Waals surface area contributed by atoms with E-state index in [2.05, 4.69) is 4.98 Å². The topological polar surface area (TPSA) is 59.2 Å². The molecule has 0 aromatic carbocycles. The molecule has 1 unspecified atom stereocenters. The summed E-state index contributed by atoms with van der Waals surface area (Å²) >= 11 is 1.72. The predicted octanol–water partition coefficient (Wildman–Crippen LogP) is 1.49. The number of amides is 1. The largest absolute Gasteiger partial charge is 0.397 e. The van der Waals surface area contributed by atoms with Crippen LogP contribution in [-0.2, 0) is 0 Å². The maximum atomic E-state index is 12.1. The first-order valence-electron chi connectivity index (χ1n) is 5.03. The maximum absolute atomic E-state index is 12.1. The van der Waals surface area contributed by atoms with Crippen LogP contribution in [0.1, 0.15) is 17.3 Å². The van der Waals surface area contributed by atoms with Crippen LogP contribution in [0.5, 0.6) is 0 Å². The van der Waals surface area contributed by atoms with Gasteiger partial charge in [-0.1, -0.05) is 0 Å². The minimum absolute atomic E-state index is 0.0542. The molecule has 0 aliphatic carbocycles. The number of hydrogen-bond acceptors (Lipinski definition) is 4. The lowest BCUT2D eigenvalue weighted by Gasteiger charge is -2.24. The van der Waals surface area contributed by atoms with Gasteiger partial charge in [-0.2, -0.15) is 11.8 Å². The zero-order valence-electron chi connectivity index (χ0n) is 9.80. The molecule has 1 aromatic rings. The first-order valence-corrected chi connectivity index (χ1v) is 6.43. The highest BCUT2D eigenvalue weighted by Crippen LogP contribution is 2.14. The minimum atomic E-state index is -0.0542. The average molecular weight is 239 g/mol. The van der Waals surface area contributed by atoms with Crippen molar-refractivity contribution in [3.63, 3.8) is 0 Å². The van der Waals surface area contributed by atoms with Crippen LogP contribution in [0, 0.1) is 0 Å². The predicted molar refractivity (Wildman–Crippen MR) is 68.6 cm³/mol. The zero-order chi connectivity index (χ0) is 12.1. The first kappa shape index (κ1) is 12.8. The molecule has 4 nitrogen and oxygen atoms in total. The monoisotopic (exact) mass is 239 g/mol. The van der Waals surface area contributed by atoms with Gasteiger partial charge in [0.25, 0.3) is 5.91 Å². The molecule has 1 heterocycles. The highest BCUT2D eigenvalue weighted by atomic mass is 32.2. The van der Waals surface area contributed by atoms with E-state index in [9.17, 15) is 4.79 Å². The molecule has 0 saturated carbocycles. The summed E-state index contributed by atoms with van der Waals surface area (Å²) in [6.45, 7) is 2.02. The van der Waals surface area contributed by atoms with Gasteiger partial charge in [-0.3, -0.25) is 9.78 Å². The van der Waals surface area contributed by atoms with Gasteiger partial charge in [0.05, 0.1) is 17.4 Å². The third-order valence-electron chi connectivity index (χ3n) is 2.47. The van der Waals surface area contributed by atoms with Crippen LogP contribution >= 0.6 is 11.8 Å². The van der Waals surface area contributed by atoms with Crippen LogP contribution in [0.4, 0.5) is 5.69 Å². The highest BCUT2D eigenvalue weighted by Gasteiger charge is 2.18. The number of aromatic nitrogens is 1. The van der Waals surface area contributed by atoms with Crippen molar-refractivity contribution in [3.8, 4) is 0 Å².